The first-order valence-electron chi connectivity index (χ1n) is 45.3. The predicted molar refractivity (Wildman–Crippen MR) is 535 cm³/mol. The van der Waals surface area contributed by atoms with Crippen molar-refractivity contribution < 1.29 is 0 Å². The van der Waals surface area contributed by atoms with Crippen molar-refractivity contribution in [2.24, 2.45) is 0 Å². The van der Waals surface area contributed by atoms with Crippen molar-refractivity contribution in [3.8, 4) is 89.3 Å². The van der Waals surface area contributed by atoms with Crippen LogP contribution in [0.1, 0.15) is 156 Å². The van der Waals surface area contributed by atoms with Gasteiger partial charge in [0.25, 0.3) is 6.71 Å². The van der Waals surface area contributed by atoms with E-state index in [2.05, 4.69) is 462 Å². The van der Waals surface area contributed by atoms with Crippen molar-refractivity contribution in [2.75, 3.05) is 9.80 Å². The summed E-state index contributed by atoms with van der Waals surface area (Å²) in [5.41, 5.74) is 42.6. The highest BCUT2D eigenvalue weighted by molar-refractivity contribution is 7.00. The molecular weight excluding hydrogens is 1510 g/mol. The van der Waals surface area contributed by atoms with Crippen LogP contribution in [0.2, 0.25) is 0 Å². The maximum Gasteiger partial charge on any atom is 0.252 e. The molecule has 0 unspecified atom stereocenters. The van der Waals surface area contributed by atoms with Crippen molar-refractivity contribution in [1.82, 2.24) is 9.13 Å². The van der Waals surface area contributed by atoms with E-state index in [1.54, 1.807) is 0 Å². The zero-order valence-corrected chi connectivity index (χ0v) is 74.6. The fraction of sp³-hybridized carbons (Fsp3) is 0.200. The Morgan fingerprint density at radius 3 is 0.912 bits per heavy atom. The van der Waals surface area contributed by atoms with E-state index in [0.29, 0.717) is 0 Å². The van der Waals surface area contributed by atoms with Gasteiger partial charge in [0.05, 0.1) is 27.8 Å². The lowest BCUT2D eigenvalue weighted by Gasteiger charge is -2.45. The topological polar surface area (TPSA) is 16.3 Å². The SMILES string of the molecule is CC(C)(C)c1cc(-c2ccc3c(c2)B2c4ccc(-n5c6ccc(-c7ccccc7)cc6c6cc(-c7ccccc7)ccc65)cc4N(c4ccc(-c5ccc6c(c5)C(C)(C)CCC6(C)C)cc4)c4cc(-n5c6ccc(-c7ccccc7)cc6c6cc(-c7ccccc7)ccc65)cc(c42)N3c2ccc(-c3ccc4c(c3)C(C)(C)CCC4(C)C)cc2)cc(C(C)(C)C)c1. The van der Waals surface area contributed by atoms with E-state index in [1.807, 2.05) is 0 Å². The summed E-state index contributed by atoms with van der Waals surface area (Å²) in [7, 11) is 0. The zero-order chi connectivity index (χ0) is 85.5. The Hall–Kier alpha value is -13.2. The molecule has 4 aliphatic rings. The molecule has 0 amide bonds. The van der Waals surface area contributed by atoms with Gasteiger partial charge in [-0.1, -0.05) is 340 Å². The Morgan fingerprint density at radius 2 is 0.528 bits per heavy atom. The number of rotatable bonds is 11. The van der Waals surface area contributed by atoms with Crippen LogP contribution in [0.5, 0.6) is 0 Å². The summed E-state index contributed by atoms with van der Waals surface area (Å²) >= 11 is 0. The summed E-state index contributed by atoms with van der Waals surface area (Å²) < 4.78 is 5.14. The van der Waals surface area contributed by atoms with Crippen LogP contribution in [0.3, 0.4) is 0 Å². The summed E-state index contributed by atoms with van der Waals surface area (Å²) in [5.74, 6) is 0. The average molecular weight is 1620 g/mol. The van der Waals surface area contributed by atoms with Crippen LogP contribution >= 0.6 is 0 Å². The van der Waals surface area contributed by atoms with Crippen LogP contribution in [-0.4, -0.2) is 15.8 Å². The summed E-state index contributed by atoms with van der Waals surface area (Å²) in [6.45, 7) is 33.5. The molecule has 0 N–H and O–H groups in total. The van der Waals surface area contributed by atoms with Gasteiger partial charge in [-0.15, -0.1) is 0 Å². The molecule has 0 radical (unpaired) electrons. The normalized spacial score (nSPS) is 15.4. The van der Waals surface area contributed by atoms with Crippen LogP contribution in [0.15, 0.2) is 346 Å². The highest BCUT2D eigenvalue weighted by Gasteiger charge is 2.46. The molecule has 0 bridgehead atoms. The number of nitrogens with zero attached hydrogens (tertiary/aromatic N) is 4. The minimum absolute atomic E-state index is 0.0454. The smallest absolute Gasteiger partial charge is 0.252 e. The van der Waals surface area contributed by atoms with Gasteiger partial charge < -0.3 is 18.9 Å². The van der Waals surface area contributed by atoms with Crippen molar-refractivity contribution in [3.05, 3.63) is 379 Å². The first-order valence-corrected chi connectivity index (χ1v) is 45.3. The third-order valence-corrected chi connectivity index (χ3v) is 29.1. The Kier molecular flexibility index (Phi) is 17.9. The van der Waals surface area contributed by atoms with E-state index < -0.39 is 0 Å². The first kappa shape index (κ1) is 77.8. The maximum atomic E-state index is 2.67. The van der Waals surface area contributed by atoms with Crippen molar-refractivity contribution >= 4 is 101 Å². The molecule has 2 aliphatic carbocycles. The lowest BCUT2D eigenvalue weighted by atomic mass is 9.33. The maximum absolute atomic E-state index is 2.67. The van der Waals surface area contributed by atoms with Gasteiger partial charge in [-0.05, 0) is 289 Å². The standard InChI is InChI=1S/C120H107BN4/c1-115(2,3)90-63-89(64-91(72-90)116(4,5)6)88-45-58-110-105(71-88)121-104-53-50-94(124-106-54-41-82(76-27-19-15-20-28-76)65-96(106)97-66-83(42-55-107(97)124)77-29-21-16-22-30-77)73-111(104)123(93-48-37-81(38-49-93)87-40-52-101-103(70-87)120(13,14)62-60-118(101,9)10)113-75-95(74-112(114(113)121)122(110)92-46-35-80(36-47-92)86-39-51-100-102(69-86)119(11,12)61-59-117(100,7)8)125-108-56-43-84(78-31-23-17-24-32-78)67-98(108)99-68-85(44-57-109(99)125)79-33-25-18-26-34-79/h15-58,63-75H,59-62H2,1-14H3. The van der Waals surface area contributed by atoms with Crippen molar-refractivity contribution in [2.45, 2.75) is 155 Å². The molecule has 2 aromatic heterocycles. The minimum atomic E-state index is -0.252. The van der Waals surface area contributed by atoms with Crippen molar-refractivity contribution in [3.63, 3.8) is 0 Å². The second kappa shape index (κ2) is 28.7. The third-order valence-electron chi connectivity index (χ3n) is 29.1. The molecule has 4 nitrogen and oxygen atoms in total. The van der Waals surface area contributed by atoms with Gasteiger partial charge in [-0.2, -0.15) is 0 Å². The Bertz CT molecular complexity index is 7160. The molecule has 4 heterocycles. The number of aromatic nitrogens is 2. The van der Waals surface area contributed by atoms with Gasteiger partial charge in [-0.3, -0.25) is 0 Å². The molecule has 2 aliphatic heterocycles. The molecule has 18 aromatic rings. The molecule has 5 heteroatoms. The van der Waals surface area contributed by atoms with Crippen LogP contribution in [-0.2, 0) is 32.5 Å². The van der Waals surface area contributed by atoms with Gasteiger partial charge in [-0.25, -0.2) is 0 Å². The molecule has 0 spiro atoms. The van der Waals surface area contributed by atoms with E-state index in [-0.39, 0.29) is 39.2 Å². The van der Waals surface area contributed by atoms with Crippen LogP contribution in [0.25, 0.3) is 133 Å². The Balaban J connectivity index is 0.842. The third kappa shape index (κ3) is 13.1. The number of anilines is 6. The molecule has 16 aromatic carbocycles. The summed E-state index contributed by atoms with van der Waals surface area (Å²) in [6.07, 6.45) is 4.65. The number of hydrogen-bond donors (Lipinski definition) is 0. The van der Waals surface area contributed by atoms with E-state index in [4.69, 9.17) is 0 Å². The predicted octanol–water partition coefficient (Wildman–Crippen LogP) is 30.9. The molecule has 0 fully saturated rings. The number of benzene rings is 16. The average Bonchev–Trinajstić information content (AvgIpc) is 1.46. The first-order chi connectivity index (χ1) is 60.2. The molecule has 22 rings (SSSR count). The molecule has 0 saturated carbocycles. The van der Waals surface area contributed by atoms with Crippen LogP contribution in [0, 0.1) is 0 Å². The van der Waals surface area contributed by atoms with Gasteiger partial charge in [0.15, 0.2) is 0 Å². The number of fused-ring (bicyclic) bond motifs is 12. The van der Waals surface area contributed by atoms with Gasteiger partial charge in [0, 0.05) is 61.4 Å². The second-order valence-corrected chi connectivity index (χ2v) is 41.0. The van der Waals surface area contributed by atoms with Gasteiger partial charge in [0.1, 0.15) is 0 Å². The quantitative estimate of drug-likeness (QED) is 0.120. The monoisotopic (exact) mass is 1610 g/mol. The van der Waals surface area contributed by atoms with Crippen molar-refractivity contribution in [1.29, 1.82) is 0 Å². The lowest BCUT2D eigenvalue weighted by molar-refractivity contribution is 0.332. The lowest BCUT2D eigenvalue weighted by Crippen LogP contribution is -2.61. The minimum Gasteiger partial charge on any atom is -0.311 e. The van der Waals surface area contributed by atoms with E-state index >= 15 is 0 Å². The molecule has 0 saturated heterocycles. The van der Waals surface area contributed by atoms with E-state index in [1.165, 1.54) is 162 Å². The van der Waals surface area contributed by atoms with Crippen LogP contribution in [0.4, 0.5) is 34.1 Å². The fourth-order valence-electron chi connectivity index (χ4n) is 21.6. The fourth-order valence-corrected chi connectivity index (χ4v) is 21.6. The molecule has 125 heavy (non-hydrogen) atoms. The zero-order valence-electron chi connectivity index (χ0n) is 74.6. The summed E-state index contributed by atoms with van der Waals surface area (Å²) in [6, 6.07) is 134. The van der Waals surface area contributed by atoms with Gasteiger partial charge in [0.2, 0.25) is 0 Å². The summed E-state index contributed by atoms with van der Waals surface area (Å²) in [5, 5.41) is 4.81. The molecule has 0 atom stereocenters. The largest absolute Gasteiger partial charge is 0.311 e. The molecular formula is C120H107BN4. The second-order valence-electron chi connectivity index (χ2n) is 41.0. The van der Waals surface area contributed by atoms with E-state index in [0.717, 1.165) is 80.4 Å². The highest BCUT2D eigenvalue weighted by Crippen LogP contribution is 2.53. The Morgan fingerprint density at radius 1 is 0.224 bits per heavy atom. The Labute approximate surface area is 738 Å². The molecule has 610 valence electrons. The number of hydrogen-bond acceptors (Lipinski definition) is 2. The summed E-state index contributed by atoms with van der Waals surface area (Å²) in [4.78, 5) is 5.31. The van der Waals surface area contributed by atoms with Crippen LogP contribution < -0.4 is 26.2 Å². The van der Waals surface area contributed by atoms with Gasteiger partial charge >= 0.3 is 0 Å². The van der Waals surface area contributed by atoms with E-state index in [9.17, 15) is 0 Å². The highest BCUT2D eigenvalue weighted by atomic mass is 15.2.